The van der Waals surface area contributed by atoms with E-state index in [0.717, 1.165) is 19.3 Å². The van der Waals surface area contributed by atoms with Gasteiger partial charge in [0.2, 0.25) is 0 Å². The third-order valence-electron chi connectivity index (χ3n) is 8.04. The van der Waals surface area contributed by atoms with Gasteiger partial charge in [-0.3, -0.25) is 9.59 Å². The third-order valence-corrected chi connectivity index (χ3v) is 8.04. The molecule has 0 aliphatic rings. The van der Waals surface area contributed by atoms with Crippen molar-refractivity contribution in [3.8, 4) is 0 Å². The molecule has 0 rings (SSSR count). The Kier molecular flexibility index (Phi) is 14.6. The number of carbonyl (C=O) groups is 3. The Bertz CT molecular complexity index is 616. The van der Waals surface area contributed by atoms with E-state index in [4.69, 9.17) is 0 Å². The molecular formula is C27H50O7. The number of hydrogen-bond donors (Lipinski definition) is 4. The van der Waals surface area contributed by atoms with Crippen molar-refractivity contribution in [3.63, 3.8) is 0 Å². The first-order chi connectivity index (χ1) is 16.0. The van der Waals surface area contributed by atoms with E-state index < -0.39 is 52.6 Å². The maximum Gasteiger partial charge on any atom is 0.337 e. The van der Waals surface area contributed by atoms with Crippen molar-refractivity contribution in [1.29, 1.82) is 0 Å². The molecule has 5 unspecified atom stereocenters. The highest BCUT2D eigenvalue weighted by molar-refractivity contribution is 5.94. The van der Waals surface area contributed by atoms with Gasteiger partial charge in [0.15, 0.2) is 5.60 Å². The lowest BCUT2D eigenvalue weighted by molar-refractivity contribution is -0.229. The fourth-order valence-corrected chi connectivity index (χ4v) is 6.24. The fraction of sp³-hybridized carbons (Fsp3) is 0.889. The SMILES string of the molecule is CCCCC(CC)C(C(=O)O)C(O)(C(=O)O)C(C(=O)O)(C(CC)CCCC)C(CC)CCCC. The van der Waals surface area contributed by atoms with Gasteiger partial charge in [-0.25, -0.2) is 4.79 Å². The van der Waals surface area contributed by atoms with E-state index in [9.17, 15) is 34.8 Å². The van der Waals surface area contributed by atoms with Crippen LogP contribution in [0.4, 0.5) is 0 Å². The molecule has 4 N–H and O–H groups in total. The van der Waals surface area contributed by atoms with Crippen molar-refractivity contribution in [1.82, 2.24) is 0 Å². The van der Waals surface area contributed by atoms with Crippen LogP contribution in [0, 0.1) is 29.1 Å². The molecule has 0 aromatic heterocycles. The van der Waals surface area contributed by atoms with E-state index in [0.29, 0.717) is 57.8 Å². The summed E-state index contributed by atoms with van der Waals surface area (Å²) >= 11 is 0. The average Bonchev–Trinajstić information content (AvgIpc) is 2.79. The molecule has 0 heterocycles. The lowest BCUT2D eigenvalue weighted by Gasteiger charge is -2.53. The number of rotatable bonds is 20. The van der Waals surface area contributed by atoms with Crippen LogP contribution < -0.4 is 0 Å². The second-order valence-corrected chi connectivity index (χ2v) is 9.87. The average molecular weight is 487 g/mol. The van der Waals surface area contributed by atoms with Crippen LogP contribution in [0.15, 0.2) is 0 Å². The second kappa shape index (κ2) is 15.4. The molecule has 0 saturated carbocycles. The molecule has 7 heteroatoms. The van der Waals surface area contributed by atoms with Crippen LogP contribution in [-0.4, -0.2) is 43.9 Å². The molecule has 7 nitrogen and oxygen atoms in total. The Labute approximate surface area is 206 Å². The largest absolute Gasteiger partial charge is 0.481 e. The molecule has 0 amide bonds. The van der Waals surface area contributed by atoms with Crippen molar-refractivity contribution in [2.24, 2.45) is 29.1 Å². The van der Waals surface area contributed by atoms with E-state index in [1.807, 2.05) is 34.6 Å². The second-order valence-electron chi connectivity index (χ2n) is 9.87. The smallest absolute Gasteiger partial charge is 0.337 e. The van der Waals surface area contributed by atoms with Crippen LogP contribution in [0.25, 0.3) is 0 Å². The van der Waals surface area contributed by atoms with E-state index in [1.54, 1.807) is 6.92 Å². The normalized spacial score (nSPS) is 18.8. The lowest BCUT2D eigenvalue weighted by Crippen LogP contribution is -2.70. The summed E-state index contributed by atoms with van der Waals surface area (Å²) in [4.78, 5) is 39.1. The quantitative estimate of drug-likeness (QED) is 0.160. The van der Waals surface area contributed by atoms with Gasteiger partial charge in [0.25, 0.3) is 0 Å². The van der Waals surface area contributed by atoms with Gasteiger partial charge in [0.1, 0.15) is 11.3 Å². The van der Waals surface area contributed by atoms with E-state index in [-0.39, 0.29) is 0 Å². The Hall–Kier alpha value is -1.63. The first-order valence-corrected chi connectivity index (χ1v) is 13.4. The minimum Gasteiger partial charge on any atom is -0.481 e. The van der Waals surface area contributed by atoms with Crippen molar-refractivity contribution >= 4 is 17.9 Å². The number of unbranched alkanes of at least 4 members (excludes halogenated alkanes) is 3. The summed E-state index contributed by atoms with van der Waals surface area (Å²) in [6.45, 7) is 11.3. The zero-order valence-electron chi connectivity index (χ0n) is 22.3. The monoisotopic (exact) mass is 486 g/mol. The minimum absolute atomic E-state index is 0.347. The highest BCUT2D eigenvalue weighted by atomic mass is 16.4. The van der Waals surface area contributed by atoms with Crippen LogP contribution in [0.3, 0.4) is 0 Å². The molecule has 0 aliphatic carbocycles. The summed E-state index contributed by atoms with van der Waals surface area (Å²) in [6, 6.07) is 0. The van der Waals surface area contributed by atoms with Crippen molar-refractivity contribution in [2.75, 3.05) is 0 Å². The molecule has 0 aromatic carbocycles. The lowest BCUT2D eigenvalue weighted by atomic mass is 9.49. The van der Waals surface area contributed by atoms with Gasteiger partial charge in [0.05, 0.1) is 0 Å². The van der Waals surface area contributed by atoms with Gasteiger partial charge in [-0.2, -0.15) is 0 Å². The predicted octanol–water partition coefficient (Wildman–Crippen LogP) is 6.22. The molecular weight excluding hydrogens is 436 g/mol. The van der Waals surface area contributed by atoms with Crippen LogP contribution in [0.5, 0.6) is 0 Å². The van der Waals surface area contributed by atoms with E-state index in [2.05, 4.69) is 0 Å². The summed E-state index contributed by atoms with van der Waals surface area (Å²) in [6.07, 6.45) is 6.73. The number of hydrogen-bond acceptors (Lipinski definition) is 4. The van der Waals surface area contributed by atoms with Crippen molar-refractivity contribution in [2.45, 2.75) is 124 Å². The molecule has 0 saturated heterocycles. The Morgan fingerprint density at radius 3 is 1.32 bits per heavy atom. The molecule has 0 radical (unpaired) electrons. The van der Waals surface area contributed by atoms with Crippen LogP contribution >= 0.6 is 0 Å². The standard InChI is InChI=1S/C27H50O7/c1-7-13-16-19(10-4)22(23(28)29)27(34,25(32)33)26(24(30)31,20(11-5)17-14-8-2)21(12-6)18-15-9-3/h19-22,34H,7-18H2,1-6H3,(H,28,29)(H,30,31)(H,32,33). The molecule has 34 heavy (non-hydrogen) atoms. The first-order valence-electron chi connectivity index (χ1n) is 13.4. The van der Waals surface area contributed by atoms with Crippen LogP contribution in [-0.2, 0) is 14.4 Å². The fourth-order valence-electron chi connectivity index (χ4n) is 6.24. The van der Waals surface area contributed by atoms with Gasteiger partial charge in [-0.1, -0.05) is 99.3 Å². The van der Waals surface area contributed by atoms with Crippen LogP contribution in [0.2, 0.25) is 0 Å². The van der Waals surface area contributed by atoms with Crippen molar-refractivity contribution < 1.29 is 34.8 Å². The molecule has 5 atom stereocenters. The van der Waals surface area contributed by atoms with Gasteiger partial charge < -0.3 is 20.4 Å². The molecule has 0 aliphatic heterocycles. The predicted molar refractivity (Wildman–Crippen MR) is 134 cm³/mol. The summed E-state index contributed by atoms with van der Waals surface area (Å²) < 4.78 is 0. The number of carboxylic acids is 3. The maximum atomic E-state index is 13.3. The number of aliphatic carboxylic acids is 3. The van der Waals surface area contributed by atoms with Gasteiger partial charge >= 0.3 is 17.9 Å². The van der Waals surface area contributed by atoms with Crippen molar-refractivity contribution in [3.05, 3.63) is 0 Å². The highest BCUT2D eigenvalue weighted by Gasteiger charge is 2.71. The summed E-state index contributed by atoms with van der Waals surface area (Å²) in [5.74, 6) is -8.26. The molecule has 0 bridgehead atoms. The third kappa shape index (κ3) is 6.52. The van der Waals surface area contributed by atoms with Crippen LogP contribution in [0.1, 0.15) is 119 Å². The zero-order chi connectivity index (χ0) is 26.5. The molecule has 0 spiro atoms. The summed E-state index contributed by atoms with van der Waals surface area (Å²) in [5.41, 5.74) is -5.06. The van der Waals surface area contributed by atoms with Gasteiger partial charge in [-0.05, 0) is 37.0 Å². The Balaban J connectivity index is 7.49. The zero-order valence-corrected chi connectivity index (χ0v) is 22.3. The first kappa shape index (κ1) is 32.4. The topological polar surface area (TPSA) is 132 Å². The van der Waals surface area contributed by atoms with E-state index >= 15 is 0 Å². The number of aliphatic hydroxyl groups is 1. The number of carboxylic acid groups (broad SMARTS) is 3. The molecule has 0 aromatic rings. The van der Waals surface area contributed by atoms with E-state index in [1.165, 1.54) is 0 Å². The summed E-state index contributed by atoms with van der Waals surface area (Å²) in [5, 5.41) is 44.0. The van der Waals surface area contributed by atoms with Gasteiger partial charge in [-0.15, -0.1) is 0 Å². The molecule has 0 fully saturated rings. The van der Waals surface area contributed by atoms with Gasteiger partial charge in [0, 0.05) is 0 Å². The maximum absolute atomic E-state index is 13.3. The Morgan fingerprint density at radius 1 is 0.647 bits per heavy atom. The highest BCUT2D eigenvalue weighted by Crippen LogP contribution is 2.56. The summed E-state index contributed by atoms with van der Waals surface area (Å²) in [7, 11) is 0. The minimum atomic E-state index is -2.94. The Morgan fingerprint density at radius 2 is 1.06 bits per heavy atom. The molecule has 200 valence electrons.